The van der Waals surface area contributed by atoms with Crippen LogP contribution in [0.3, 0.4) is 0 Å². The Morgan fingerprint density at radius 3 is 2.65 bits per heavy atom. The molecule has 1 N–H and O–H groups in total. The largest absolute Gasteiger partial charge is 0.478 e. The molecule has 0 radical (unpaired) electrons. The number of hydrogen-bond donors (Lipinski definition) is 1. The van der Waals surface area contributed by atoms with Crippen molar-refractivity contribution in [2.24, 2.45) is 7.05 Å². The number of aryl methyl sites for hydroxylation is 1. The maximum absolute atomic E-state index is 13.6. The lowest BCUT2D eigenvalue weighted by atomic mass is 10.1. The molecule has 0 aliphatic carbocycles. The van der Waals surface area contributed by atoms with Crippen LogP contribution in [0, 0.1) is 5.82 Å². The molecular weight excluding hydrogens is 261 g/mol. The van der Waals surface area contributed by atoms with E-state index in [0.29, 0.717) is 13.1 Å². The zero-order valence-electron chi connectivity index (χ0n) is 11.4. The third kappa shape index (κ3) is 3.42. The molecule has 6 heteroatoms. The number of carbonyl (C=O) groups is 1. The number of carboxylic acids is 1. The van der Waals surface area contributed by atoms with Gasteiger partial charge in [0.05, 0.1) is 11.8 Å². The number of rotatable bonds is 5. The van der Waals surface area contributed by atoms with Gasteiger partial charge in [-0.2, -0.15) is 5.10 Å². The van der Waals surface area contributed by atoms with E-state index in [4.69, 9.17) is 5.11 Å². The first-order valence-corrected chi connectivity index (χ1v) is 6.13. The van der Waals surface area contributed by atoms with Gasteiger partial charge in [0.2, 0.25) is 0 Å². The van der Waals surface area contributed by atoms with Crippen LogP contribution in [0.5, 0.6) is 0 Å². The van der Waals surface area contributed by atoms with Gasteiger partial charge in [-0.1, -0.05) is 6.07 Å². The van der Waals surface area contributed by atoms with Crippen molar-refractivity contribution >= 4 is 5.97 Å². The van der Waals surface area contributed by atoms with Crippen LogP contribution in [0.2, 0.25) is 0 Å². The molecule has 2 rings (SSSR count). The van der Waals surface area contributed by atoms with E-state index in [1.807, 2.05) is 25.2 Å². The molecule has 0 amide bonds. The number of nitrogens with zero attached hydrogens (tertiary/aromatic N) is 3. The highest BCUT2D eigenvalue weighted by atomic mass is 19.1. The van der Waals surface area contributed by atoms with Gasteiger partial charge in [-0.05, 0) is 24.7 Å². The maximum Gasteiger partial charge on any atom is 0.338 e. The van der Waals surface area contributed by atoms with E-state index in [-0.39, 0.29) is 5.56 Å². The summed E-state index contributed by atoms with van der Waals surface area (Å²) in [5, 5.41) is 12.9. The highest BCUT2D eigenvalue weighted by Crippen LogP contribution is 2.13. The lowest BCUT2D eigenvalue weighted by molar-refractivity contribution is 0.0692. The van der Waals surface area contributed by atoms with Crippen LogP contribution < -0.4 is 0 Å². The molecule has 2 aromatic rings. The van der Waals surface area contributed by atoms with Crippen LogP contribution in [0.25, 0.3) is 0 Å². The Hall–Kier alpha value is -2.21. The average Bonchev–Trinajstić information content (AvgIpc) is 2.74. The van der Waals surface area contributed by atoms with Crippen molar-refractivity contribution in [1.29, 1.82) is 0 Å². The van der Waals surface area contributed by atoms with Gasteiger partial charge < -0.3 is 5.11 Å². The zero-order chi connectivity index (χ0) is 14.7. The van der Waals surface area contributed by atoms with E-state index >= 15 is 0 Å². The maximum atomic E-state index is 13.6. The normalized spacial score (nSPS) is 11.0. The Morgan fingerprint density at radius 2 is 2.10 bits per heavy atom. The molecule has 0 atom stereocenters. The zero-order valence-corrected chi connectivity index (χ0v) is 11.4. The molecule has 0 bridgehead atoms. The molecular formula is C14H16FN3O2. The summed E-state index contributed by atoms with van der Waals surface area (Å²) in [6.45, 7) is 1.22. The molecule has 5 nitrogen and oxygen atoms in total. The van der Waals surface area contributed by atoms with E-state index in [1.165, 1.54) is 12.1 Å². The van der Waals surface area contributed by atoms with Crippen molar-refractivity contribution in [1.82, 2.24) is 14.7 Å². The predicted octanol–water partition coefficient (Wildman–Crippen LogP) is 1.89. The SMILES string of the molecule is CN(Cc1ccc(C(=O)O)c(F)c1)Cc1cnn(C)c1. The Balaban J connectivity index is 2.02. The number of halogens is 1. The van der Waals surface area contributed by atoms with Gasteiger partial charge in [0.25, 0.3) is 0 Å². The van der Waals surface area contributed by atoms with Crippen LogP contribution >= 0.6 is 0 Å². The number of hydrogen-bond acceptors (Lipinski definition) is 3. The molecule has 106 valence electrons. The van der Waals surface area contributed by atoms with Crippen molar-refractivity contribution in [3.05, 3.63) is 53.1 Å². The van der Waals surface area contributed by atoms with E-state index in [1.54, 1.807) is 16.9 Å². The summed E-state index contributed by atoms with van der Waals surface area (Å²) < 4.78 is 15.3. The molecule has 0 aliphatic rings. The van der Waals surface area contributed by atoms with Gasteiger partial charge in [0.1, 0.15) is 5.82 Å². The molecule has 0 spiro atoms. The minimum atomic E-state index is -1.25. The molecule has 1 aromatic heterocycles. The molecule has 20 heavy (non-hydrogen) atoms. The van der Waals surface area contributed by atoms with E-state index in [0.717, 1.165) is 11.1 Å². The van der Waals surface area contributed by atoms with Gasteiger partial charge in [-0.15, -0.1) is 0 Å². The average molecular weight is 277 g/mol. The molecule has 0 aliphatic heterocycles. The molecule has 1 aromatic carbocycles. The number of benzene rings is 1. The smallest absolute Gasteiger partial charge is 0.338 e. The van der Waals surface area contributed by atoms with Crippen molar-refractivity contribution < 1.29 is 14.3 Å². The molecule has 1 heterocycles. The van der Waals surface area contributed by atoms with Crippen molar-refractivity contribution in [3.63, 3.8) is 0 Å². The van der Waals surface area contributed by atoms with Gasteiger partial charge in [0, 0.05) is 31.9 Å². The van der Waals surface area contributed by atoms with E-state index in [2.05, 4.69) is 5.10 Å². The topological polar surface area (TPSA) is 58.4 Å². The fourth-order valence-electron chi connectivity index (χ4n) is 2.06. The second-order valence-corrected chi connectivity index (χ2v) is 4.81. The Kier molecular flexibility index (Phi) is 4.14. The number of carboxylic acid groups (broad SMARTS) is 1. The summed E-state index contributed by atoms with van der Waals surface area (Å²) in [5.74, 6) is -1.96. The monoisotopic (exact) mass is 277 g/mol. The minimum absolute atomic E-state index is 0.302. The Labute approximate surface area is 116 Å². The van der Waals surface area contributed by atoms with Gasteiger partial charge in [-0.25, -0.2) is 9.18 Å². The summed E-state index contributed by atoms with van der Waals surface area (Å²) in [7, 11) is 3.76. The van der Waals surface area contributed by atoms with E-state index < -0.39 is 11.8 Å². The number of aromatic nitrogens is 2. The quantitative estimate of drug-likeness (QED) is 0.906. The minimum Gasteiger partial charge on any atom is -0.478 e. The molecule has 0 unspecified atom stereocenters. The summed E-state index contributed by atoms with van der Waals surface area (Å²) in [5.41, 5.74) is 1.50. The highest BCUT2D eigenvalue weighted by Gasteiger charge is 2.11. The van der Waals surface area contributed by atoms with Crippen LogP contribution in [0.1, 0.15) is 21.5 Å². The Bertz CT molecular complexity index is 625. The summed E-state index contributed by atoms with van der Waals surface area (Å²) in [6, 6.07) is 4.19. The summed E-state index contributed by atoms with van der Waals surface area (Å²) in [6.07, 6.45) is 3.70. The second kappa shape index (κ2) is 5.83. The highest BCUT2D eigenvalue weighted by molar-refractivity contribution is 5.87. The van der Waals surface area contributed by atoms with Crippen molar-refractivity contribution in [2.45, 2.75) is 13.1 Å². The van der Waals surface area contributed by atoms with Crippen LogP contribution in [0.15, 0.2) is 30.6 Å². The fraction of sp³-hybridized carbons (Fsp3) is 0.286. The first-order chi connectivity index (χ1) is 9.45. The van der Waals surface area contributed by atoms with Crippen LogP contribution in [-0.4, -0.2) is 32.8 Å². The Morgan fingerprint density at radius 1 is 1.40 bits per heavy atom. The third-order valence-corrected chi connectivity index (χ3v) is 2.93. The van der Waals surface area contributed by atoms with Crippen LogP contribution in [-0.2, 0) is 20.1 Å². The molecule has 0 fully saturated rings. The molecule has 0 saturated carbocycles. The fourth-order valence-corrected chi connectivity index (χ4v) is 2.06. The second-order valence-electron chi connectivity index (χ2n) is 4.81. The third-order valence-electron chi connectivity index (χ3n) is 2.93. The van der Waals surface area contributed by atoms with Crippen molar-refractivity contribution in [3.8, 4) is 0 Å². The standard InChI is InChI=1S/C14H16FN3O2/c1-17(8-11-6-16-18(2)9-11)7-10-3-4-12(14(19)20)13(15)5-10/h3-6,9H,7-8H2,1-2H3,(H,19,20). The van der Waals surface area contributed by atoms with Gasteiger partial charge in [0.15, 0.2) is 0 Å². The summed E-state index contributed by atoms with van der Waals surface area (Å²) in [4.78, 5) is 12.7. The predicted molar refractivity (Wildman–Crippen MR) is 71.7 cm³/mol. The lowest BCUT2D eigenvalue weighted by Gasteiger charge is -2.15. The molecule has 0 saturated heterocycles. The van der Waals surface area contributed by atoms with Gasteiger partial charge in [-0.3, -0.25) is 9.58 Å². The lowest BCUT2D eigenvalue weighted by Crippen LogP contribution is -2.17. The van der Waals surface area contributed by atoms with E-state index in [9.17, 15) is 9.18 Å². The van der Waals surface area contributed by atoms with Crippen molar-refractivity contribution in [2.75, 3.05) is 7.05 Å². The summed E-state index contributed by atoms with van der Waals surface area (Å²) >= 11 is 0. The van der Waals surface area contributed by atoms with Crippen LogP contribution in [0.4, 0.5) is 4.39 Å². The number of aromatic carboxylic acids is 1. The first-order valence-electron chi connectivity index (χ1n) is 6.13. The van der Waals surface area contributed by atoms with Gasteiger partial charge >= 0.3 is 5.97 Å². The first kappa shape index (κ1) is 14.2.